The first-order valence-corrected chi connectivity index (χ1v) is 11.4. The molecular formula is C24H32N6O4. The smallest absolute Gasteiger partial charge is 0.268 e. The van der Waals surface area contributed by atoms with E-state index >= 15 is 0 Å². The minimum absolute atomic E-state index is 0.106. The average Bonchev–Trinajstić information content (AvgIpc) is 3.43. The van der Waals surface area contributed by atoms with Crippen molar-refractivity contribution in [3.8, 4) is 11.8 Å². The molecule has 1 aromatic carbocycles. The molecule has 4 atom stereocenters. The summed E-state index contributed by atoms with van der Waals surface area (Å²) in [5.41, 5.74) is 6.98. The first kappa shape index (κ1) is 25.1. The molecule has 1 aromatic heterocycles. The van der Waals surface area contributed by atoms with E-state index in [0.717, 1.165) is 10.9 Å². The van der Waals surface area contributed by atoms with Crippen molar-refractivity contribution in [1.82, 2.24) is 20.9 Å². The first-order chi connectivity index (χ1) is 16.2. The van der Waals surface area contributed by atoms with Gasteiger partial charge in [-0.15, -0.1) is 0 Å². The zero-order valence-electron chi connectivity index (χ0n) is 19.7. The van der Waals surface area contributed by atoms with Gasteiger partial charge < -0.3 is 31.4 Å². The largest absolute Gasteiger partial charge is 0.496 e. The highest BCUT2D eigenvalue weighted by molar-refractivity contribution is 6.01. The SMILES string of the molecule is COc1cccc2[nH]c(C(=O)N[C@@H](CC(C)C)C(=O)NC(CC3CCNC3=O)C(N)C#N)cc12. The summed E-state index contributed by atoms with van der Waals surface area (Å²) in [6.07, 6.45) is 1.27. The molecule has 1 aliphatic heterocycles. The first-order valence-electron chi connectivity index (χ1n) is 11.4. The lowest BCUT2D eigenvalue weighted by Crippen LogP contribution is -2.55. The molecule has 0 saturated carbocycles. The van der Waals surface area contributed by atoms with Gasteiger partial charge in [-0.05, 0) is 43.4 Å². The minimum atomic E-state index is -0.978. The normalized spacial score (nSPS) is 18.1. The molecule has 1 fully saturated rings. The van der Waals surface area contributed by atoms with E-state index in [1.807, 2.05) is 32.0 Å². The Labute approximate surface area is 198 Å². The molecule has 2 aromatic rings. The maximum Gasteiger partial charge on any atom is 0.268 e. The number of amides is 3. The fourth-order valence-electron chi connectivity index (χ4n) is 4.21. The Morgan fingerprint density at radius 1 is 1.32 bits per heavy atom. The zero-order chi connectivity index (χ0) is 24.8. The molecule has 0 radical (unpaired) electrons. The number of carbonyl (C=O) groups excluding carboxylic acids is 3. The van der Waals surface area contributed by atoms with Gasteiger partial charge in [0.2, 0.25) is 11.8 Å². The highest BCUT2D eigenvalue weighted by atomic mass is 16.5. The van der Waals surface area contributed by atoms with Gasteiger partial charge >= 0.3 is 0 Å². The van der Waals surface area contributed by atoms with Gasteiger partial charge in [0.25, 0.3) is 5.91 Å². The number of carbonyl (C=O) groups is 3. The fraction of sp³-hybridized carbons (Fsp3) is 0.500. The van der Waals surface area contributed by atoms with Crippen molar-refractivity contribution in [2.24, 2.45) is 17.6 Å². The second-order valence-corrected chi connectivity index (χ2v) is 9.04. The van der Waals surface area contributed by atoms with Gasteiger partial charge in [0.1, 0.15) is 23.5 Å². The predicted octanol–water partition coefficient (Wildman–Crippen LogP) is 1.18. The van der Waals surface area contributed by atoms with E-state index in [1.54, 1.807) is 19.2 Å². The number of nitrogens with zero attached hydrogens (tertiary/aromatic N) is 1. The fourth-order valence-corrected chi connectivity index (χ4v) is 4.21. The highest BCUT2D eigenvalue weighted by Gasteiger charge is 2.33. The molecule has 2 heterocycles. The number of nitrogens with one attached hydrogen (secondary N) is 4. The molecule has 182 valence electrons. The maximum absolute atomic E-state index is 13.2. The summed E-state index contributed by atoms with van der Waals surface area (Å²) in [6.45, 7) is 4.45. The van der Waals surface area contributed by atoms with Crippen LogP contribution in [0.15, 0.2) is 24.3 Å². The third kappa shape index (κ3) is 5.85. The van der Waals surface area contributed by atoms with Crippen LogP contribution in [0.3, 0.4) is 0 Å². The van der Waals surface area contributed by atoms with Crippen LogP contribution in [0.2, 0.25) is 0 Å². The summed E-state index contributed by atoms with van der Waals surface area (Å²) in [7, 11) is 1.56. The molecule has 1 aliphatic rings. The number of aromatic nitrogens is 1. The molecule has 6 N–H and O–H groups in total. The van der Waals surface area contributed by atoms with Crippen LogP contribution in [-0.2, 0) is 9.59 Å². The number of H-pyrrole nitrogens is 1. The summed E-state index contributed by atoms with van der Waals surface area (Å²) in [6, 6.07) is 6.56. The standard InChI is InChI=1S/C24H32N6O4/c1-13(2)9-19(23(32)29-18(16(26)12-25)10-14-7-8-27-22(14)31)30-24(33)20-11-15-17(28-20)5-4-6-21(15)34-3/h4-6,11,13-14,16,18-19,28H,7-10,26H2,1-3H3,(H,27,31)(H,29,32)(H,30,33)/t14?,16?,18?,19-/m0/s1. The molecule has 34 heavy (non-hydrogen) atoms. The number of rotatable bonds is 10. The number of ether oxygens (including phenoxy) is 1. The van der Waals surface area contributed by atoms with Gasteiger partial charge in [-0.25, -0.2) is 0 Å². The quantitative estimate of drug-likeness (QED) is 0.352. The molecule has 0 aliphatic carbocycles. The lowest BCUT2D eigenvalue weighted by Gasteiger charge is -2.26. The van der Waals surface area contributed by atoms with Crippen molar-refractivity contribution >= 4 is 28.6 Å². The van der Waals surface area contributed by atoms with Crippen LogP contribution in [0.5, 0.6) is 5.75 Å². The molecule has 3 amide bonds. The van der Waals surface area contributed by atoms with E-state index in [0.29, 0.717) is 30.8 Å². The van der Waals surface area contributed by atoms with Gasteiger partial charge in [0, 0.05) is 23.4 Å². The van der Waals surface area contributed by atoms with Crippen molar-refractivity contribution in [1.29, 1.82) is 5.26 Å². The Morgan fingerprint density at radius 2 is 2.09 bits per heavy atom. The van der Waals surface area contributed by atoms with Gasteiger partial charge in [0.05, 0.1) is 19.2 Å². The molecule has 0 spiro atoms. The Hall–Kier alpha value is -3.58. The van der Waals surface area contributed by atoms with Crippen molar-refractivity contribution in [2.75, 3.05) is 13.7 Å². The number of nitrogens with two attached hydrogens (primary N) is 1. The number of fused-ring (bicyclic) bond motifs is 1. The van der Waals surface area contributed by atoms with Crippen LogP contribution in [0, 0.1) is 23.2 Å². The molecule has 3 rings (SSSR count). The molecule has 3 unspecified atom stereocenters. The van der Waals surface area contributed by atoms with Crippen LogP contribution >= 0.6 is 0 Å². The molecule has 0 bridgehead atoms. The molecular weight excluding hydrogens is 436 g/mol. The van der Waals surface area contributed by atoms with E-state index in [-0.39, 0.29) is 24.2 Å². The van der Waals surface area contributed by atoms with Crippen molar-refractivity contribution in [3.63, 3.8) is 0 Å². The number of aromatic amines is 1. The Balaban J connectivity index is 1.75. The number of nitriles is 1. The Morgan fingerprint density at radius 3 is 2.71 bits per heavy atom. The van der Waals surface area contributed by atoms with Crippen LogP contribution < -0.4 is 26.4 Å². The summed E-state index contributed by atoms with van der Waals surface area (Å²) in [4.78, 5) is 41.2. The second-order valence-electron chi connectivity index (χ2n) is 9.04. The van der Waals surface area contributed by atoms with E-state index < -0.39 is 29.9 Å². The molecule has 1 saturated heterocycles. The van der Waals surface area contributed by atoms with E-state index in [1.165, 1.54) is 0 Å². The topological polar surface area (TPSA) is 162 Å². The van der Waals surface area contributed by atoms with Crippen LogP contribution in [-0.4, -0.2) is 54.5 Å². The van der Waals surface area contributed by atoms with Gasteiger partial charge in [0.15, 0.2) is 0 Å². The van der Waals surface area contributed by atoms with Crippen LogP contribution in [0.4, 0.5) is 0 Å². The van der Waals surface area contributed by atoms with E-state index in [9.17, 15) is 19.6 Å². The number of hydrogen-bond acceptors (Lipinski definition) is 6. The summed E-state index contributed by atoms with van der Waals surface area (Å²) in [5.74, 6) is -0.550. The monoisotopic (exact) mass is 468 g/mol. The van der Waals surface area contributed by atoms with Crippen LogP contribution in [0.25, 0.3) is 10.9 Å². The number of methoxy groups -OCH3 is 1. The summed E-state index contributed by atoms with van der Waals surface area (Å²) in [5, 5.41) is 18.5. The maximum atomic E-state index is 13.2. The molecule has 10 heteroatoms. The number of benzene rings is 1. The van der Waals surface area contributed by atoms with Crippen molar-refractivity contribution in [2.45, 2.75) is 51.2 Å². The third-order valence-corrected chi connectivity index (χ3v) is 6.03. The van der Waals surface area contributed by atoms with Gasteiger partial charge in [-0.2, -0.15) is 5.26 Å². The van der Waals surface area contributed by atoms with Crippen LogP contribution in [0.1, 0.15) is 43.6 Å². The Kier molecular flexibility index (Phi) is 8.12. The van der Waals surface area contributed by atoms with E-state index in [4.69, 9.17) is 10.5 Å². The van der Waals surface area contributed by atoms with Crippen molar-refractivity contribution < 1.29 is 19.1 Å². The highest BCUT2D eigenvalue weighted by Crippen LogP contribution is 2.26. The second kappa shape index (κ2) is 11.0. The predicted molar refractivity (Wildman–Crippen MR) is 127 cm³/mol. The summed E-state index contributed by atoms with van der Waals surface area (Å²) >= 11 is 0. The third-order valence-electron chi connectivity index (χ3n) is 6.03. The Bertz CT molecular complexity index is 1090. The minimum Gasteiger partial charge on any atom is -0.496 e. The van der Waals surface area contributed by atoms with Gasteiger partial charge in [-0.1, -0.05) is 19.9 Å². The average molecular weight is 469 g/mol. The molecule has 10 nitrogen and oxygen atoms in total. The number of hydrogen-bond donors (Lipinski definition) is 5. The zero-order valence-corrected chi connectivity index (χ0v) is 19.7. The summed E-state index contributed by atoms with van der Waals surface area (Å²) < 4.78 is 5.35. The van der Waals surface area contributed by atoms with E-state index in [2.05, 4.69) is 20.9 Å². The lowest BCUT2D eigenvalue weighted by atomic mass is 9.93. The van der Waals surface area contributed by atoms with Gasteiger partial charge in [-0.3, -0.25) is 14.4 Å². The lowest BCUT2D eigenvalue weighted by molar-refractivity contribution is -0.126. The van der Waals surface area contributed by atoms with Crippen molar-refractivity contribution in [3.05, 3.63) is 30.0 Å².